The zero-order chi connectivity index (χ0) is 12.2. The largest absolute Gasteiger partial charge is 0.444 e. The van der Waals surface area contributed by atoms with Gasteiger partial charge in [0.05, 0.1) is 0 Å². The minimum absolute atomic E-state index is 0.305. The Labute approximate surface area is 97.9 Å². The standard InChI is InChI=1S/C12H24N2O2/c1-12(2,3)16-11(15)14-8-9-5-4-6-10(13)7-9/h9-10H,4-8,13H2,1-3H3,(H,14,15)/t9-,10+/m0/s1. The summed E-state index contributed by atoms with van der Waals surface area (Å²) in [5, 5.41) is 2.81. The highest BCUT2D eigenvalue weighted by molar-refractivity contribution is 5.67. The second kappa shape index (κ2) is 5.53. The van der Waals surface area contributed by atoms with E-state index in [0.717, 1.165) is 19.3 Å². The van der Waals surface area contributed by atoms with Crippen LogP contribution in [-0.4, -0.2) is 24.3 Å². The van der Waals surface area contributed by atoms with Gasteiger partial charge < -0.3 is 15.8 Å². The van der Waals surface area contributed by atoms with Crippen LogP contribution < -0.4 is 11.1 Å². The Morgan fingerprint density at radius 1 is 1.44 bits per heavy atom. The van der Waals surface area contributed by atoms with Crippen molar-refractivity contribution in [2.45, 2.75) is 58.1 Å². The monoisotopic (exact) mass is 228 g/mol. The van der Waals surface area contributed by atoms with E-state index in [1.165, 1.54) is 6.42 Å². The number of hydrogen-bond donors (Lipinski definition) is 2. The second-order valence-corrected chi connectivity index (χ2v) is 5.68. The van der Waals surface area contributed by atoms with E-state index in [9.17, 15) is 4.79 Å². The Balaban J connectivity index is 2.21. The predicted molar refractivity (Wildman–Crippen MR) is 64.2 cm³/mol. The molecule has 1 aliphatic carbocycles. The highest BCUT2D eigenvalue weighted by atomic mass is 16.6. The lowest BCUT2D eigenvalue weighted by Crippen LogP contribution is -2.38. The number of carbonyl (C=O) groups excluding carboxylic acids is 1. The zero-order valence-electron chi connectivity index (χ0n) is 10.6. The first-order valence-electron chi connectivity index (χ1n) is 6.09. The number of rotatable bonds is 2. The molecule has 0 bridgehead atoms. The van der Waals surface area contributed by atoms with Crippen LogP contribution in [0, 0.1) is 5.92 Å². The number of carbonyl (C=O) groups is 1. The van der Waals surface area contributed by atoms with Crippen LogP contribution in [0.4, 0.5) is 4.79 Å². The molecule has 16 heavy (non-hydrogen) atoms. The first-order chi connectivity index (χ1) is 7.37. The summed E-state index contributed by atoms with van der Waals surface area (Å²) < 4.78 is 5.17. The third-order valence-corrected chi connectivity index (χ3v) is 2.76. The predicted octanol–water partition coefficient (Wildman–Crippen LogP) is 2.03. The fourth-order valence-corrected chi connectivity index (χ4v) is 2.06. The maximum absolute atomic E-state index is 11.4. The van der Waals surface area contributed by atoms with Gasteiger partial charge in [-0.05, 0) is 46.0 Å². The van der Waals surface area contributed by atoms with Gasteiger partial charge in [-0.1, -0.05) is 6.42 Å². The summed E-state index contributed by atoms with van der Waals surface area (Å²) in [4.78, 5) is 11.4. The molecule has 4 nitrogen and oxygen atoms in total. The molecule has 0 aromatic heterocycles. The van der Waals surface area contributed by atoms with Crippen LogP contribution in [0.3, 0.4) is 0 Å². The summed E-state index contributed by atoms with van der Waals surface area (Å²) in [6.07, 6.45) is 4.12. The van der Waals surface area contributed by atoms with E-state index < -0.39 is 5.60 Å². The van der Waals surface area contributed by atoms with Crippen molar-refractivity contribution >= 4 is 6.09 Å². The van der Waals surface area contributed by atoms with E-state index in [0.29, 0.717) is 18.5 Å². The topological polar surface area (TPSA) is 64.3 Å². The second-order valence-electron chi connectivity index (χ2n) is 5.68. The number of nitrogens with one attached hydrogen (secondary N) is 1. The molecule has 0 saturated heterocycles. The van der Waals surface area contributed by atoms with Crippen molar-refractivity contribution in [3.63, 3.8) is 0 Å². The maximum Gasteiger partial charge on any atom is 0.407 e. The van der Waals surface area contributed by atoms with Gasteiger partial charge in [0.25, 0.3) is 0 Å². The van der Waals surface area contributed by atoms with Crippen LogP contribution in [0.5, 0.6) is 0 Å². The minimum Gasteiger partial charge on any atom is -0.444 e. The van der Waals surface area contributed by atoms with Crippen LogP contribution in [0.15, 0.2) is 0 Å². The molecule has 1 saturated carbocycles. The van der Waals surface area contributed by atoms with Gasteiger partial charge in [0, 0.05) is 12.6 Å². The quantitative estimate of drug-likeness (QED) is 0.760. The normalized spacial score (nSPS) is 26.2. The average molecular weight is 228 g/mol. The van der Waals surface area contributed by atoms with Gasteiger partial charge in [0.1, 0.15) is 5.60 Å². The molecule has 1 aliphatic rings. The van der Waals surface area contributed by atoms with Crippen molar-refractivity contribution in [1.29, 1.82) is 0 Å². The molecule has 0 aliphatic heterocycles. The number of hydrogen-bond acceptors (Lipinski definition) is 3. The first-order valence-corrected chi connectivity index (χ1v) is 6.09. The lowest BCUT2D eigenvalue weighted by molar-refractivity contribution is 0.0514. The molecule has 1 rings (SSSR count). The molecule has 3 N–H and O–H groups in total. The highest BCUT2D eigenvalue weighted by Gasteiger charge is 2.21. The average Bonchev–Trinajstić information content (AvgIpc) is 2.12. The number of amides is 1. The Kier molecular flexibility index (Phi) is 4.59. The van der Waals surface area contributed by atoms with Crippen LogP contribution >= 0.6 is 0 Å². The smallest absolute Gasteiger partial charge is 0.407 e. The number of ether oxygens (including phenoxy) is 1. The Bertz CT molecular complexity index is 236. The van der Waals surface area contributed by atoms with Gasteiger partial charge in [-0.2, -0.15) is 0 Å². The lowest BCUT2D eigenvalue weighted by Gasteiger charge is -2.27. The molecule has 1 fully saturated rings. The third kappa shape index (κ3) is 5.35. The van der Waals surface area contributed by atoms with Crippen molar-refractivity contribution in [2.24, 2.45) is 11.7 Å². The molecule has 94 valence electrons. The van der Waals surface area contributed by atoms with E-state index in [4.69, 9.17) is 10.5 Å². The van der Waals surface area contributed by atoms with Crippen molar-refractivity contribution in [1.82, 2.24) is 5.32 Å². The number of alkyl carbamates (subject to hydrolysis) is 1. The zero-order valence-corrected chi connectivity index (χ0v) is 10.6. The summed E-state index contributed by atoms with van der Waals surface area (Å²) in [6.45, 7) is 6.28. The van der Waals surface area contributed by atoms with Gasteiger partial charge in [-0.25, -0.2) is 4.79 Å². The van der Waals surface area contributed by atoms with Crippen molar-refractivity contribution in [3.8, 4) is 0 Å². The maximum atomic E-state index is 11.4. The summed E-state index contributed by atoms with van der Waals surface area (Å²) in [5.41, 5.74) is 5.47. The van der Waals surface area contributed by atoms with Crippen LogP contribution in [0.2, 0.25) is 0 Å². The molecule has 2 atom stereocenters. The molecule has 1 amide bonds. The Hall–Kier alpha value is -0.770. The minimum atomic E-state index is -0.424. The molecular formula is C12H24N2O2. The van der Waals surface area contributed by atoms with Crippen LogP contribution in [0.1, 0.15) is 46.5 Å². The molecule has 4 heteroatoms. The SMILES string of the molecule is CC(C)(C)OC(=O)NC[C@H]1CCC[C@@H](N)C1. The summed E-state index contributed by atoms with van der Waals surface area (Å²) in [7, 11) is 0. The molecular weight excluding hydrogens is 204 g/mol. The molecule has 0 aromatic rings. The van der Waals surface area contributed by atoms with E-state index in [2.05, 4.69) is 5.32 Å². The van der Waals surface area contributed by atoms with E-state index >= 15 is 0 Å². The molecule has 0 heterocycles. The summed E-state index contributed by atoms with van der Waals surface area (Å²) >= 11 is 0. The highest BCUT2D eigenvalue weighted by Crippen LogP contribution is 2.22. The lowest BCUT2D eigenvalue weighted by atomic mass is 9.86. The van der Waals surface area contributed by atoms with Crippen molar-refractivity contribution < 1.29 is 9.53 Å². The summed E-state index contributed by atoms with van der Waals surface area (Å²) in [5.74, 6) is 0.510. The molecule has 0 radical (unpaired) electrons. The molecule has 0 spiro atoms. The van der Waals surface area contributed by atoms with Gasteiger partial charge >= 0.3 is 6.09 Å². The van der Waals surface area contributed by atoms with Gasteiger partial charge in [-0.15, -0.1) is 0 Å². The summed E-state index contributed by atoms with van der Waals surface area (Å²) in [6, 6.07) is 0.305. The van der Waals surface area contributed by atoms with Gasteiger partial charge in [0.2, 0.25) is 0 Å². The van der Waals surface area contributed by atoms with Crippen LogP contribution in [-0.2, 0) is 4.74 Å². The van der Waals surface area contributed by atoms with Crippen LogP contribution in [0.25, 0.3) is 0 Å². The number of nitrogens with two attached hydrogens (primary N) is 1. The first kappa shape index (κ1) is 13.3. The van der Waals surface area contributed by atoms with Gasteiger partial charge in [-0.3, -0.25) is 0 Å². The van der Waals surface area contributed by atoms with Gasteiger partial charge in [0.15, 0.2) is 0 Å². The Morgan fingerprint density at radius 3 is 2.69 bits per heavy atom. The Morgan fingerprint density at radius 2 is 2.12 bits per heavy atom. The van der Waals surface area contributed by atoms with Crippen molar-refractivity contribution in [3.05, 3.63) is 0 Å². The fourth-order valence-electron chi connectivity index (χ4n) is 2.06. The fraction of sp³-hybridized carbons (Fsp3) is 0.917. The van der Waals surface area contributed by atoms with Crippen molar-refractivity contribution in [2.75, 3.05) is 6.54 Å². The van der Waals surface area contributed by atoms with E-state index in [-0.39, 0.29) is 6.09 Å². The third-order valence-electron chi connectivity index (χ3n) is 2.76. The van der Waals surface area contributed by atoms with E-state index in [1.54, 1.807) is 0 Å². The molecule has 0 aromatic carbocycles. The van der Waals surface area contributed by atoms with E-state index in [1.807, 2.05) is 20.8 Å². The molecule has 0 unspecified atom stereocenters.